The lowest BCUT2D eigenvalue weighted by atomic mass is 10.1. The smallest absolute Gasteiger partial charge is 0.410 e. The molecule has 1 aromatic rings. The Morgan fingerprint density at radius 1 is 1.29 bits per heavy atom. The van der Waals surface area contributed by atoms with E-state index in [1.165, 1.54) is 18.2 Å². The molecule has 1 amide bonds. The summed E-state index contributed by atoms with van der Waals surface area (Å²) < 4.78 is 5.33. The highest BCUT2D eigenvalue weighted by Gasteiger charge is 2.28. The van der Waals surface area contributed by atoms with Crippen molar-refractivity contribution in [2.75, 3.05) is 31.1 Å². The molecule has 0 atom stereocenters. The molecule has 0 aromatic heterocycles. The molecule has 0 saturated carbocycles. The molecule has 0 spiro atoms. The van der Waals surface area contributed by atoms with E-state index in [1.807, 2.05) is 11.0 Å². The minimum atomic E-state index is -0.561. The van der Waals surface area contributed by atoms with E-state index in [9.17, 15) is 14.9 Å². The van der Waals surface area contributed by atoms with E-state index in [1.54, 1.807) is 25.7 Å². The molecule has 0 bridgehead atoms. The average Bonchev–Trinajstić information content (AvgIpc) is 2.52. The van der Waals surface area contributed by atoms with E-state index >= 15 is 0 Å². The maximum atomic E-state index is 12.1. The normalized spacial score (nSPS) is 14.9. The molecule has 0 radical (unpaired) electrons. The summed E-state index contributed by atoms with van der Waals surface area (Å²) in [5.41, 5.74) is 0.168. The van der Waals surface area contributed by atoms with Crippen LogP contribution in [0.3, 0.4) is 0 Å². The molecule has 1 fully saturated rings. The lowest BCUT2D eigenvalue weighted by Crippen LogP contribution is -2.50. The molecule has 1 aromatic carbocycles. The van der Waals surface area contributed by atoms with Gasteiger partial charge in [0.15, 0.2) is 0 Å². The van der Waals surface area contributed by atoms with Gasteiger partial charge in [0.2, 0.25) is 0 Å². The molecule has 2 rings (SSSR count). The first-order valence-corrected chi connectivity index (χ1v) is 7.62. The minimum absolute atomic E-state index is 0.0419. The first-order valence-electron chi connectivity index (χ1n) is 7.62. The fraction of sp³-hybridized carbons (Fsp3) is 0.500. The molecular formula is C16H20N4O4. The summed E-state index contributed by atoms with van der Waals surface area (Å²) in [4.78, 5) is 26.2. The van der Waals surface area contributed by atoms with Gasteiger partial charge in [-0.1, -0.05) is 0 Å². The van der Waals surface area contributed by atoms with Crippen molar-refractivity contribution in [3.8, 4) is 6.07 Å². The van der Waals surface area contributed by atoms with Gasteiger partial charge in [-0.2, -0.15) is 5.26 Å². The Morgan fingerprint density at radius 2 is 1.92 bits per heavy atom. The Labute approximate surface area is 140 Å². The van der Waals surface area contributed by atoms with Crippen molar-refractivity contribution in [1.82, 2.24) is 4.90 Å². The van der Waals surface area contributed by atoms with Gasteiger partial charge >= 0.3 is 6.09 Å². The van der Waals surface area contributed by atoms with Crippen LogP contribution in [0.4, 0.5) is 16.2 Å². The van der Waals surface area contributed by atoms with Crippen LogP contribution in [-0.2, 0) is 4.74 Å². The SMILES string of the molecule is CC(C)(C)OC(=O)N1CCN(c2cc(C#N)ccc2[N+](=O)[O-])CC1. The van der Waals surface area contributed by atoms with Crippen molar-refractivity contribution in [2.45, 2.75) is 26.4 Å². The van der Waals surface area contributed by atoms with Crippen molar-refractivity contribution in [2.24, 2.45) is 0 Å². The molecule has 1 aliphatic rings. The van der Waals surface area contributed by atoms with Crippen molar-refractivity contribution < 1.29 is 14.5 Å². The monoisotopic (exact) mass is 332 g/mol. The number of hydrogen-bond donors (Lipinski definition) is 0. The van der Waals surface area contributed by atoms with Gasteiger partial charge in [0, 0.05) is 32.2 Å². The molecule has 0 N–H and O–H groups in total. The second-order valence-corrected chi connectivity index (χ2v) is 6.53. The summed E-state index contributed by atoms with van der Waals surface area (Å²) in [5, 5.41) is 20.2. The Bertz CT molecular complexity index is 682. The number of nitro benzene ring substituents is 1. The molecule has 1 heterocycles. The number of nitriles is 1. The second-order valence-electron chi connectivity index (χ2n) is 6.53. The second kappa shape index (κ2) is 6.74. The van der Waals surface area contributed by atoms with Gasteiger partial charge in [0.25, 0.3) is 5.69 Å². The number of hydrogen-bond acceptors (Lipinski definition) is 6. The van der Waals surface area contributed by atoms with Crippen LogP contribution in [0.1, 0.15) is 26.3 Å². The topological polar surface area (TPSA) is 99.7 Å². The van der Waals surface area contributed by atoms with E-state index in [2.05, 4.69) is 0 Å². The van der Waals surface area contributed by atoms with E-state index in [4.69, 9.17) is 10.00 Å². The molecule has 8 nitrogen and oxygen atoms in total. The van der Waals surface area contributed by atoms with E-state index < -0.39 is 10.5 Å². The van der Waals surface area contributed by atoms with E-state index in [-0.39, 0.29) is 11.8 Å². The van der Waals surface area contributed by atoms with Crippen LogP contribution in [0, 0.1) is 21.4 Å². The molecule has 8 heteroatoms. The standard InChI is InChI=1S/C16H20N4O4/c1-16(2,3)24-15(21)19-8-6-18(7-9-19)14-10-12(11-17)4-5-13(14)20(22)23/h4-5,10H,6-9H2,1-3H3. The summed E-state index contributed by atoms with van der Waals surface area (Å²) in [5.74, 6) is 0. The van der Waals surface area contributed by atoms with Crippen LogP contribution in [0.5, 0.6) is 0 Å². The van der Waals surface area contributed by atoms with E-state index in [0.29, 0.717) is 37.4 Å². The van der Waals surface area contributed by atoms with Gasteiger partial charge in [-0.15, -0.1) is 0 Å². The Kier molecular flexibility index (Phi) is 4.93. The third kappa shape index (κ3) is 4.13. The number of nitrogens with zero attached hydrogens (tertiary/aromatic N) is 4. The summed E-state index contributed by atoms with van der Waals surface area (Å²) in [7, 11) is 0. The lowest BCUT2D eigenvalue weighted by Gasteiger charge is -2.36. The maximum absolute atomic E-state index is 12.1. The van der Waals surface area contributed by atoms with Crippen LogP contribution < -0.4 is 4.90 Å². The van der Waals surface area contributed by atoms with Crippen LogP contribution in [0.15, 0.2) is 18.2 Å². The number of anilines is 1. The fourth-order valence-electron chi connectivity index (χ4n) is 2.46. The first kappa shape index (κ1) is 17.5. The molecule has 1 aliphatic heterocycles. The molecule has 24 heavy (non-hydrogen) atoms. The average molecular weight is 332 g/mol. The largest absolute Gasteiger partial charge is 0.444 e. The van der Waals surface area contributed by atoms with Gasteiger partial charge < -0.3 is 14.5 Å². The zero-order valence-corrected chi connectivity index (χ0v) is 14.0. The van der Waals surface area contributed by atoms with Crippen molar-refractivity contribution in [3.05, 3.63) is 33.9 Å². The first-order chi connectivity index (χ1) is 11.2. The third-order valence-electron chi connectivity index (χ3n) is 3.57. The van der Waals surface area contributed by atoms with E-state index in [0.717, 1.165) is 0 Å². The fourth-order valence-corrected chi connectivity index (χ4v) is 2.46. The highest BCUT2D eigenvalue weighted by molar-refractivity contribution is 5.70. The van der Waals surface area contributed by atoms with Crippen molar-refractivity contribution in [1.29, 1.82) is 5.26 Å². The van der Waals surface area contributed by atoms with Gasteiger partial charge in [-0.25, -0.2) is 4.79 Å². The van der Waals surface area contributed by atoms with Gasteiger partial charge in [-0.3, -0.25) is 10.1 Å². The third-order valence-corrected chi connectivity index (χ3v) is 3.57. The summed E-state index contributed by atoms with van der Waals surface area (Å²) in [6, 6.07) is 6.28. The summed E-state index contributed by atoms with van der Waals surface area (Å²) in [6.07, 6.45) is -0.387. The van der Waals surface area contributed by atoms with Crippen LogP contribution >= 0.6 is 0 Å². The number of nitro groups is 1. The zero-order valence-electron chi connectivity index (χ0n) is 14.0. The number of ether oxygens (including phenoxy) is 1. The molecule has 1 saturated heterocycles. The number of carbonyl (C=O) groups excluding carboxylic acids is 1. The lowest BCUT2D eigenvalue weighted by molar-refractivity contribution is -0.384. The van der Waals surface area contributed by atoms with Crippen molar-refractivity contribution >= 4 is 17.5 Å². The van der Waals surface area contributed by atoms with Crippen molar-refractivity contribution in [3.63, 3.8) is 0 Å². The number of rotatable bonds is 2. The van der Waals surface area contributed by atoms with Crippen LogP contribution in [0.2, 0.25) is 0 Å². The summed E-state index contributed by atoms with van der Waals surface area (Å²) in [6.45, 7) is 7.10. The predicted octanol–water partition coefficient (Wildman–Crippen LogP) is 2.52. The Hall–Kier alpha value is -2.82. The number of amides is 1. The highest BCUT2D eigenvalue weighted by atomic mass is 16.6. The van der Waals surface area contributed by atoms with Gasteiger partial charge in [-0.05, 0) is 32.9 Å². The number of benzene rings is 1. The van der Waals surface area contributed by atoms with Gasteiger partial charge in [0.05, 0.1) is 16.6 Å². The maximum Gasteiger partial charge on any atom is 0.410 e. The molecule has 0 unspecified atom stereocenters. The number of carbonyl (C=O) groups is 1. The predicted molar refractivity (Wildman–Crippen MR) is 87.8 cm³/mol. The molecule has 0 aliphatic carbocycles. The zero-order chi connectivity index (χ0) is 17.9. The Balaban J connectivity index is 2.11. The highest BCUT2D eigenvalue weighted by Crippen LogP contribution is 2.30. The molecule has 128 valence electrons. The minimum Gasteiger partial charge on any atom is -0.444 e. The summed E-state index contributed by atoms with van der Waals surface area (Å²) >= 11 is 0. The Morgan fingerprint density at radius 3 is 2.42 bits per heavy atom. The van der Waals surface area contributed by atoms with Crippen LogP contribution in [-0.4, -0.2) is 47.7 Å². The number of piperazine rings is 1. The van der Waals surface area contributed by atoms with Gasteiger partial charge in [0.1, 0.15) is 11.3 Å². The molecular weight excluding hydrogens is 312 g/mol. The van der Waals surface area contributed by atoms with Crippen LogP contribution in [0.25, 0.3) is 0 Å². The quantitative estimate of drug-likeness (QED) is 0.609.